The zero-order chi connectivity index (χ0) is 16.1. The van der Waals surface area contributed by atoms with Gasteiger partial charge in [-0.05, 0) is 38.5 Å². The van der Waals surface area contributed by atoms with Crippen molar-refractivity contribution >= 4 is 17.3 Å². The Morgan fingerprint density at radius 3 is 2.10 bits per heavy atom. The van der Waals surface area contributed by atoms with Crippen molar-refractivity contribution in [2.24, 2.45) is 0 Å². The molecule has 0 atom stereocenters. The van der Waals surface area contributed by atoms with Gasteiger partial charge in [-0.1, -0.05) is 11.6 Å². The smallest absolute Gasteiger partial charge is 0.400 e. The highest BCUT2D eigenvalue weighted by atomic mass is 35.5. The maximum atomic E-state index is 12.7. The summed E-state index contributed by atoms with van der Waals surface area (Å²) in [4.78, 5) is 0. The number of nitrogens with two attached hydrogens (primary N) is 1. The molecule has 20 heavy (non-hydrogen) atoms. The SMILES string of the molecule is CC(C)(C)NCc1cc(Cl)c(N)c(C(F)(F)F)c1.CO. The first kappa shape index (κ1) is 19.0. The number of anilines is 1. The predicted octanol–water partition coefficient (Wildman–Crippen LogP) is 3.44. The molecule has 0 saturated heterocycles. The lowest BCUT2D eigenvalue weighted by molar-refractivity contribution is -0.136. The first-order chi connectivity index (χ1) is 9.00. The lowest BCUT2D eigenvalue weighted by Crippen LogP contribution is -2.35. The van der Waals surface area contributed by atoms with Gasteiger partial charge < -0.3 is 16.2 Å². The van der Waals surface area contributed by atoms with E-state index in [0.717, 1.165) is 13.2 Å². The zero-order valence-corrected chi connectivity index (χ0v) is 12.7. The predicted molar refractivity (Wildman–Crippen MR) is 75.6 cm³/mol. The minimum Gasteiger partial charge on any atom is -0.400 e. The number of hydrogen-bond acceptors (Lipinski definition) is 3. The van der Waals surface area contributed by atoms with Gasteiger partial charge >= 0.3 is 6.18 Å². The molecule has 116 valence electrons. The van der Waals surface area contributed by atoms with E-state index in [4.69, 9.17) is 22.4 Å². The summed E-state index contributed by atoms with van der Waals surface area (Å²) in [5.74, 6) is 0. The third kappa shape index (κ3) is 5.98. The molecule has 0 fully saturated rings. The van der Waals surface area contributed by atoms with Gasteiger partial charge in [0.05, 0.1) is 16.3 Å². The Morgan fingerprint density at radius 1 is 1.20 bits per heavy atom. The van der Waals surface area contributed by atoms with Crippen molar-refractivity contribution in [1.82, 2.24) is 5.32 Å². The van der Waals surface area contributed by atoms with E-state index in [9.17, 15) is 13.2 Å². The van der Waals surface area contributed by atoms with Crippen LogP contribution in [0.5, 0.6) is 0 Å². The molecule has 0 aromatic heterocycles. The van der Waals surface area contributed by atoms with Crippen LogP contribution < -0.4 is 11.1 Å². The minimum atomic E-state index is -4.49. The normalized spacial score (nSPS) is 11.8. The lowest BCUT2D eigenvalue weighted by Gasteiger charge is -2.21. The Labute approximate surface area is 121 Å². The van der Waals surface area contributed by atoms with Crippen LogP contribution in [-0.2, 0) is 12.7 Å². The molecule has 1 aromatic carbocycles. The molecule has 0 aliphatic carbocycles. The maximum Gasteiger partial charge on any atom is 0.418 e. The van der Waals surface area contributed by atoms with E-state index in [1.807, 2.05) is 20.8 Å². The summed E-state index contributed by atoms with van der Waals surface area (Å²) in [6, 6.07) is 2.48. The number of aliphatic hydroxyl groups excluding tert-OH is 1. The summed E-state index contributed by atoms with van der Waals surface area (Å²) in [6.07, 6.45) is -4.49. The van der Waals surface area contributed by atoms with Gasteiger partial charge in [0.1, 0.15) is 0 Å². The average Bonchev–Trinajstić information content (AvgIpc) is 2.30. The van der Waals surface area contributed by atoms with Gasteiger partial charge in [0.25, 0.3) is 0 Å². The molecule has 0 heterocycles. The van der Waals surface area contributed by atoms with Crippen LogP contribution in [0.3, 0.4) is 0 Å². The summed E-state index contributed by atoms with van der Waals surface area (Å²) < 4.78 is 38.2. The van der Waals surface area contributed by atoms with Crippen LogP contribution in [0.15, 0.2) is 12.1 Å². The number of nitrogens with one attached hydrogen (secondary N) is 1. The van der Waals surface area contributed by atoms with Gasteiger partial charge in [-0.3, -0.25) is 0 Å². The maximum absolute atomic E-state index is 12.7. The van der Waals surface area contributed by atoms with Crippen molar-refractivity contribution in [2.45, 2.75) is 39.0 Å². The number of hydrogen-bond donors (Lipinski definition) is 3. The molecule has 0 bridgehead atoms. The molecule has 0 aliphatic heterocycles. The standard InChI is InChI=1S/C12H16ClF3N2.CH4O/c1-11(2,3)18-6-7-4-8(12(14,15)16)10(17)9(13)5-7;1-2/h4-5,18H,6,17H2,1-3H3;2H,1H3. The number of halogens is 4. The minimum absolute atomic E-state index is 0.0736. The van der Waals surface area contributed by atoms with E-state index in [1.54, 1.807) is 0 Å². The molecule has 3 nitrogen and oxygen atoms in total. The summed E-state index contributed by atoms with van der Waals surface area (Å²) in [5, 5.41) is 10.0. The van der Waals surface area contributed by atoms with E-state index >= 15 is 0 Å². The Balaban J connectivity index is 0.00000172. The average molecular weight is 313 g/mol. The van der Waals surface area contributed by atoms with Crippen LogP contribution in [0.2, 0.25) is 5.02 Å². The molecule has 0 unspecified atom stereocenters. The molecular formula is C13H20ClF3N2O. The fourth-order valence-corrected chi connectivity index (χ4v) is 1.62. The molecule has 4 N–H and O–H groups in total. The van der Waals surface area contributed by atoms with Crippen LogP contribution in [0.25, 0.3) is 0 Å². The monoisotopic (exact) mass is 312 g/mol. The van der Waals surface area contributed by atoms with Crippen LogP contribution in [0, 0.1) is 0 Å². The number of benzene rings is 1. The molecule has 0 aliphatic rings. The first-order valence-corrected chi connectivity index (χ1v) is 6.23. The second-order valence-corrected chi connectivity index (χ2v) is 5.55. The van der Waals surface area contributed by atoms with Gasteiger partial charge in [-0.25, -0.2) is 0 Å². The Kier molecular flexibility index (Phi) is 6.80. The fourth-order valence-electron chi connectivity index (χ4n) is 1.38. The number of nitrogen functional groups attached to an aromatic ring is 1. The van der Waals surface area contributed by atoms with Crippen molar-refractivity contribution in [3.8, 4) is 0 Å². The molecule has 0 radical (unpaired) electrons. The van der Waals surface area contributed by atoms with Crippen molar-refractivity contribution in [3.63, 3.8) is 0 Å². The fraction of sp³-hybridized carbons (Fsp3) is 0.538. The largest absolute Gasteiger partial charge is 0.418 e. The summed E-state index contributed by atoms with van der Waals surface area (Å²) >= 11 is 5.72. The lowest BCUT2D eigenvalue weighted by atomic mass is 10.1. The van der Waals surface area contributed by atoms with Gasteiger partial charge in [0.15, 0.2) is 0 Å². The highest BCUT2D eigenvalue weighted by Crippen LogP contribution is 2.37. The van der Waals surface area contributed by atoms with Gasteiger partial charge in [0.2, 0.25) is 0 Å². The van der Waals surface area contributed by atoms with Crippen molar-refractivity contribution < 1.29 is 18.3 Å². The summed E-state index contributed by atoms with van der Waals surface area (Å²) in [6.45, 7) is 6.08. The summed E-state index contributed by atoms with van der Waals surface area (Å²) in [7, 11) is 1.00. The third-order valence-corrected chi connectivity index (χ3v) is 2.63. The molecule has 7 heteroatoms. The van der Waals surface area contributed by atoms with Gasteiger partial charge in [0, 0.05) is 19.2 Å². The molecule has 0 saturated carbocycles. The molecule has 1 rings (SSSR count). The van der Waals surface area contributed by atoms with Crippen molar-refractivity contribution in [1.29, 1.82) is 0 Å². The number of alkyl halides is 3. The zero-order valence-electron chi connectivity index (χ0n) is 11.9. The summed E-state index contributed by atoms with van der Waals surface area (Å²) in [5.41, 5.74) is 4.30. The van der Waals surface area contributed by atoms with Crippen LogP contribution in [-0.4, -0.2) is 17.8 Å². The van der Waals surface area contributed by atoms with Gasteiger partial charge in [-0.15, -0.1) is 0 Å². The number of aliphatic hydroxyl groups is 1. The van der Waals surface area contributed by atoms with E-state index in [2.05, 4.69) is 5.32 Å². The number of rotatable bonds is 2. The Bertz CT molecular complexity index is 442. The highest BCUT2D eigenvalue weighted by Gasteiger charge is 2.34. The Morgan fingerprint density at radius 2 is 1.70 bits per heavy atom. The molecule has 0 amide bonds. The Hall–Kier alpha value is -0.980. The molecule has 1 aromatic rings. The first-order valence-electron chi connectivity index (χ1n) is 5.85. The van der Waals surface area contributed by atoms with E-state index in [1.165, 1.54) is 6.07 Å². The van der Waals surface area contributed by atoms with E-state index in [-0.39, 0.29) is 10.6 Å². The van der Waals surface area contributed by atoms with Crippen molar-refractivity contribution in [2.75, 3.05) is 12.8 Å². The second kappa shape index (κ2) is 7.15. The molecular weight excluding hydrogens is 293 g/mol. The van der Waals surface area contributed by atoms with E-state index in [0.29, 0.717) is 12.1 Å². The van der Waals surface area contributed by atoms with Crippen LogP contribution in [0.1, 0.15) is 31.9 Å². The van der Waals surface area contributed by atoms with Crippen molar-refractivity contribution in [3.05, 3.63) is 28.3 Å². The molecule has 0 spiro atoms. The van der Waals surface area contributed by atoms with Gasteiger partial charge in [-0.2, -0.15) is 13.2 Å². The third-order valence-electron chi connectivity index (χ3n) is 2.32. The topological polar surface area (TPSA) is 58.3 Å². The van der Waals surface area contributed by atoms with Crippen LogP contribution >= 0.6 is 11.6 Å². The van der Waals surface area contributed by atoms with E-state index < -0.39 is 17.4 Å². The van der Waals surface area contributed by atoms with Crippen LogP contribution in [0.4, 0.5) is 18.9 Å². The second-order valence-electron chi connectivity index (χ2n) is 5.14. The highest BCUT2D eigenvalue weighted by molar-refractivity contribution is 6.33. The quantitative estimate of drug-likeness (QED) is 0.733.